The first-order chi connectivity index (χ1) is 21.1. The molecule has 1 atom stereocenters. The van der Waals surface area contributed by atoms with E-state index in [0.717, 1.165) is 53.4 Å². The van der Waals surface area contributed by atoms with Crippen molar-refractivity contribution in [2.75, 3.05) is 45.8 Å². The molecule has 3 aliphatic rings. The molecule has 1 aliphatic carbocycles. The normalized spacial score (nSPS) is 19.1. The summed E-state index contributed by atoms with van der Waals surface area (Å²) in [6, 6.07) is 11.7. The summed E-state index contributed by atoms with van der Waals surface area (Å²) < 4.78 is 36.8. The molecule has 0 radical (unpaired) electrons. The van der Waals surface area contributed by atoms with E-state index in [1.54, 1.807) is 27.3 Å². The van der Waals surface area contributed by atoms with E-state index in [1.807, 2.05) is 35.2 Å². The van der Waals surface area contributed by atoms with Crippen LogP contribution >= 0.6 is 0 Å². The summed E-state index contributed by atoms with van der Waals surface area (Å²) in [7, 11) is 0.620. The van der Waals surface area contributed by atoms with Crippen LogP contribution < -0.4 is 9.46 Å². The van der Waals surface area contributed by atoms with Crippen LogP contribution in [0.25, 0.3) is 28.2 Å². The van der Waals surface area contributed by atoms with Gasteiger partial charge in [-0.05, 0) is 72.2 Å². The number of carbonyl (C=O) groups excluding carboxylic acids is 2. The van der Waals surface area contributed by atoms with E-state index in [0.29, 0.717) is 53.9 Å². The number of thiol groups is 1. The molecule has 1 N–H and O–H groups in total. The van der Waals surface area contributed by atoms with Crippen LogP contribution in [-0.2, 0) is 36.2 Å². The molecule has 3 heterocycles. The molecule has 2 fully saturated rings. The van der Waals surface area contributed by atoms with Gasteiger partial charge in [-0.3, -0.25) is 14.3 Å². The number of rotatable bonds is 6. The molecule has 2 amide bonds. The number of hydrogen-bond donors (Lipinski definition) is 1. The number of nitrogens with zero attached hydrogens (tertiary/aromatic N) is 3. The monoisotopic (exact) mass is 637 g/mol. The van der Waals surface area contributed by atoms with Crippen molar-refractivity contribution in [3.05, 3.63) is 58.7 Å². The molecule has 3 aromatic rings. The maximum atomic E-state index is 14.0. The first-order valence-electron chi connectivity index (χ1n) is 15.2. The Bertz CT molecular complexity index is 1790. The van der Waals surface area contributed by atoms with Gasteiger partial charge in [0.25, 0.3) is 11.8 Å². The van der Waals surface area contributed by atoms with Gasteiger partial charge in [-0.15, -0.1) is 4.21 Å². The maximum absolute atomic E-state index is 14.0. The minimum absolute atomic E-state index is 0.0625. The lowest BCUT2D eigenvalue weighted by Gasteiger charge is -2.25. The van der Waals surface area contributed by atoms with Gasteiger partial charge in [0.15, 0.2) is 0 Å². The highest BCUT2D eigenvalue weighted by Gasteiger charge is 2.32. The maximum Gasteiger partial charge on any atom is 0.263 e. The Morgan fingerprint density at radius 1 is 1.07 bits per heavy atom. The van der Waals surface area contributed by atoms with Crippen molar-refractivity contribution in [3.63, 3.8) is 0 Å². The lowest BCUT2D eigenvalue weighted by Crippen LogP contribution is -2.42. The average Bonchev–Trinajstić information content (AvgIpc) is 3.23. The second-order valence-electron chi connectivity index (χ2n) is 12.1. The van der Waals surface area contributed by atoms with Gasteiger partial charge in [0.05, 0.1) is 43.2 Å². The molecule has 1 saturated carbocycles. The first kappa shape index (κ1) is 30.6. The van der Waals surface area contributed by atoms with Gasteiger partial charge in [0.1, 0.15) is 27.1 Å². The molecule has 44 heavy (non-hydrogen) atoms. The molecule has 6 rings (SSSR count). The summed E-state index contributed by atoms with van der Waals surface area (Å²) in [6.45, 7) is 1.28. The summed E-state index contributed by atoms with van der Waals surface area (Å²) in [5.41, 5.74) is 6.12. The lowest BCUT2D eigenvalue weighted by molar-refractivity contribution is -0.126. The number of aromatic nitrogens is 1. The van der Waals surface area contributed by atoms with Crippen LogP contribution in [0.15, 0.2) is 42.0 Å². The van der Waals surface area contributed by atoms with Gasteiger partial charge in [-0.25, -0.2) is 8.51 Å². The fourth-order valence-corrected chi connectivity index (χ4v) is 8.44. The Morgan fingerprint density at radius 2 is 1.80 bits per heavy atom. The third-order valence-corrected chi connectivity index (χ3v) is 12.3. The van der Waals surface area contributed by atoms with Crippen LogP contribution in [0, 0.1) is 0 Å². The molecule has 0 spiro atoms. The van der Waals surface area contributed by atoms with Crippen LogP contribution in [0.4, 0.5) is 0 Å². The van der Waals surface area contributed by atoms with Crippen LogP contribution in [0.2, 0.25) is 0 Å². The molecule has 11 heteroatoms. The summed E-state index contributed by atoms with van der Waals surface area (Å²) in [5.74, 6) is 5.26. The fraction of sp³-hybridized carbons (Fsp3) is 0.424. The predicted molar refractivity (Wildman–Crippen MR) is 180 cm³/mol. The zero-order valence-corrected chi connectivity index (χ0v) is 27.3. The Balaban J connectivity index is 1.55. The second-order valence-corrected chi connectivity index (χ2v) is 16.2. The Labute approximate surface area is 262 Å². The SMILES string of the molecule is C=S(=O)(NC(=O)c1ccc2c(C3CCCCC3)c3n(c2c1)CC(C(=O)N1CC[SH+](=O)CC1)=Cc1cc(OC)ccc1-3)N(C)C. The summed E-state index contributed by atoms with van der Waals surface area (Å²) >= 11 is 0. The van der Waals surface area contributed by atoms with Crippen molar-refractivity contribution in [2.45, 2.75) is 44.6 Å². The molecule has 2 aromatic carbocycles. The van der Waals surface area contributed by atoms with Gasteiger partial charge in [-0.2, -0.15) is 0 Å². The molecular formula is C33H41N4O5S2+. The average molecular weight is 638 g/mol. The fourth-order valence-electron chi connectivity index (χ4n) is 6.70. The van der Waals surface area contributed by atoms with Crippen molar-refractivity contribution in [1.29, 1.82) is 0 Å². The number of amides is 2. The molecule has 2 aliphatic heterocycles. The second kappa shape index (κ2) is 12.2. The Morgan fingerprint density at radius 3 is 2.48 bits per heavy atom. The van der Waals surface area contributed by atoms with Gasteiger partial charge in [0.2, 0.25) is 0 Å². The third-order valence-electron chi connectivity index (χ3n) is 9.19. The third kappa shape index (κ3) is 5.73. The van der Waals surface area contributed by atoms with E-state index in [1.165, 1.54) is 16.3 Å². The largest absolute Gasteiger partial charge is 0.497 e. The van der Waals surface area contributed by atoms with Crippen molar-refractivity contribution in [1.82, 2.24) is 18.5 Å². The van der Waals surface area contributed by atoms with Gasteiger partial charge < -0.3 is 14.2 Å². The minimum Gasteiger partial charge on any atom is -0.497 e. The summed E-state index contributed by atoms with van der Waals surface area (Å²) in [6.07, 6.45) is 7.68. The smallest absolute Gasteiger partial charge is 0.263 e. The molecule has 1 aromatic heterocycles. The highest BCUT2D eigenvalue weighted by atomic mass is 32.2. The number of carbonyl (C=O) groups is 2. The number of methoxy groups -OCH3 is 1. The van der Waals surface area contributed by atoms with E-state index in [-0.39, 0.29) is 5.91 Å². The number of benzene rings is 2. The Hall–Kier alpha value is -3.41. The van der Waals surface area contributed by atoms with Crippen LogP contribution in [0.5, 0.6) is 5.75 Å². The van der Waals surface area contributed by atoms with E-state index in [4.69, 9.17) is 4.74 Å². The highest BCUT2D eigenvalue weighted by Crippen LogP contribution is 2.47. The number of nitrogens with one attached hydrogen (secondary N) is 1. The van der Waals surface area contributed by atoms with Crippen molar-refractivity contribution in [3.8, 4) is 17.0 Å². The zero-order chi connectivity index (χ0) is 31.2. The van der Waals surface area contributed by atoms with E-state index in [9.17, 15) is 18.0 Å². The van der Waals surface area contributed by atoms with Crippen molar-refractivity contribution >= 4 is 55.4 Å². The molecule has 234 valence electrons. The van der Waals surface area contributed by atoms with Crippen LogP contribution in [-0.4, -0.2) is 81.5 Å². The van der Waals surface area contributed by atoms with Gasteiger partial charge in [0, 0.05) is 41.7 Å². The summed E-state index contributed by atoms with van der Waals surface area (Å²) in [5, 5.41) is 1.07. The number of fused-ring (bicyclic) bond motifs is 5. The minimum atomic E-state index is -2.98. The first-order valence-corrected chi connectivity index (χ1v) is 18.5. The molecule has 0 bridgehead atoms. The highest BCUT2D eigenvalue weighted by molar-refractivity contribution is 7.96. The predicted octanol–water partition coefficient (Wildman–Crippen LogP) is 4.14. The molecule has 1 saturated heterocycles. The van der Waals surface area contributed by atoms with E-state index in [2.05, 4.69) is 21.2 Å². The molecule has 9 nitrogen and oxygen atoms in total. The lowest BCUT2D eigenvalue weighted by atomic mass is 9.81. The van der Waals surface area contributed by atoms with E-state index < -0.39 is 26.6 Å². The number of hydrogen-bond acceptors (Lipinski definition) is 5. The van der Waals surface area contributed by atoms with Crippen LogP contribution in [0.3, 0.4) is 0 Å². The molecule has 1 unspecified atom stereocenters. The van der Waals surface area contributed by atoms with E-state index >= 15 is 0 Å². The van der Waals surface area contributed by atoms with Crippen molar-refractivity contribution < 1.29 is 22.7 Å². The molecular weight excluding hydrogens is 597 g/mol. The quantitative estimate of drug-likeness (QED) is 0.249. The topological polar surface area (TPSA) is 101 Å². The Kier molecular flexibility index (Phi) is 8.47. The van der Waals surface area contributed by atoms with Gasteiger partial charge in [-0.1, -0.05) is 25.3 Å². The standard InChI is InChI=1S/C33H40N4O5S2/c1-35(2)44(4,41)34-32(38)23-10-12-28-29(20-23)37-21-25(33(39)36-14-16-43(40)17-15-36)18-24-19-26(42-3)11-13-27(24)31(37)30(28)22-8-6-5-7-9-22/h10-13,18-20,22H,4-9,14-17,21H2,1-3H3,(H,34,38,41)/p+1. The number of ether oxygens (including phenoxy) is 1. The summed E-state index contributed by atoms with van der Waals surface area (Å²) in [4.78, 5) is 29.2. The van der Waals surface area contributed by atoms with Gasteiger partial charge >= 0.3 is 0 Å². The van der Waals surface area contributed by atoms with Crippen LogP contribution in [0.1, 0.15) is 59.5 Å². The van der Waals surface area contributed by atoms with Crippen molar-refractivity contribution in [2.24, 2.45) is 0 Å². The zero-order valence-electron chi connectivity index (χ0n) is 25.6.